The molecule has 1 saturated carbocycles. The number of Topliss-reactive ketones (excluding diaryl/α,β-unsaturated/α-hetero) is 1. The number of ketones is 1. The molecule has 1 amide bonds. The van der Waals surface area contributed by atoms with Gasteiger partial charge in [-0.05, 0) is 57.0 Å². The number of carbonyl (C=O) groups is 2. The summed E-state index contributed by atoms with van der Waals surface area (Å²) in [4.78, 5) is 41.0. The molecule has 1 fully saturated rings. The van der Waals surface area contributed by atoms with Gasteiger partial charge in [-0.15, -0.1) is 0 Å². The highest BCUT2D eigenvalue weighted by Crippen LogP contribution is 2.62. The van der Waals surface area contributed by atoms with Gasteiger partial charge in [0.2, 0.25) is 5.76 Å². The van der Waals surface area contributed by atoms with Crippen LogP contribution in [0, 0.1) is 35.3 Å². The lowest BCUT2D eigenvalue weighted by Gasteiger charge is -2.51. The maximum absolute atomic E-state index is 14.9. The zero-order valence-corrected chi connectivity index (χ0v) is 23.8. The van der Waals surface area contributed by atoms with Crippen LogP contribution in [0.5, 0.6) is 5.75 Å². The zero-order chi connectivity index (χ0) is 30.0. The van der Waals surface area contributed by atoms with Crippen LogP contribution in [0.2, 0.25) is 0 Å². The average Bonchev–Trinajstić information content (AvgIpc) is 3.50. The summed E-state index contributed by atoms with van der Waals surface area (Å²) in [5.74, 6) is -2.59. The van der Waals surface area contributed by atoms with E-state index in [-0.39, 0.29) is 35.3 Å². The number of hydrazone groups is 1. The molecule has 7 rings (SSSR count). The number of nitro groups is 1. The second-order valence-electron chi connectivity index (χ2n) is 11.5. The van der Waals surface area contributed by atoms with Crippen LogP contribution in [-0.2, 0) is 4.79 Å². The Morgan fingerprint density at radius 1 is 0.977 bits per heavy atom. The SMILES string of the molecule is CC1=NN(c2ccccc2)C(=O)[C@]12C[C@@H]1C(=O)c3ccccc3O[C@H]1[C@H](c1onc(C)c1[N+](=O)[O-])[C@H]2c1cccc(C)c1. The summed E-state index contributed by atoms with van der Waals surface area (Å²) in [5.41, 5.74) is 1.71. The van der Waals surface area contributed by atoms with Crippen LogP contribution in [0.1, 0.15) is 58.1 Å². The average molecular weight is 577 g/mol. The molecule has 0 radical (unpaired) electrons. The topological polar surface area (TPSA) is 128 Å². The van der Waals surface area contributed by atoms with Gasteiger partial charge < -0.3 is 9.26 Å². The fourth-order valence-corrected chi connectivity index (χ4v) is 7.30. The molecular weight excluding hydrogens is 548 g/mol. The normalized spacial score (nSPS) is 26.1. The van der Waals surface area contributed by atoms with E-state index in [1.54, 1.807) is 43.3 Å². The number of nitrogens with zero attached hydrogens (tertiary/aromatic N) is 4. The Kier molecular flexibility index (Phi) is 6.05. The van der Waals surface area contributed by atoms with Gasteiger partial charge >= 0.3 is 5.69 Å². The lowest BCUT2D eigenvalue weighted by Crippen LogP contribution is -2.58. The van der Waals surface area contributed by atoms with Gasteiger partial charge in [0.05, 0.1) is 39.1 Å². The monoisotopic (exact) mass is 576 g/mol. The van der Waals surface area contributed by atoms with Gasteiger partial charge in [-0.25, -0.2) is 0 Å². The van der Waals surface area contributed by atoms with Crippen molar-refractivity contribution >= 4 is 28.8 Å². The molecule has 1 aromatic heterocycles. The maximum Gasteiger partial charge on any atom is 0.334 e. The first-order chi connectivity index (χ1) is 20.7. The minimum atomic E-state index is -1.34. The van der Waals surface area contributed by atoms with Crippen molar-refractivity contribution in [3.05, 3.63) is 117 Å². The second-order valence-corrected chi connectivity index (χ2v) is 11.5. The van der Waals surface area contributed by atoms with Crippen LogP contribution >= 0.6 is 0 Å². The molecule has 3 heterocycles. The number of fused-ring (bicyclic) bond motifs is 2. The number of anilines is 1. The number of hydrogen-bond donors (Lipinski definition) is 0. The highest BCUT2D eigenvalue weighted by Gasteiger charge is 2.67. The zero-order valence-electron chi connectivity index (χ0n) is 23.8. The number of carbonyl (C=O) groups excluding carboxylic acids is 2. The first-order valence-corrected chi connectivity index (χ1v) is 14.1. The smallest absolute Gasteiger partial charge is 0.334 e. The molecule has 43 heavy (non-hydrogen) atoms. The number of aromatic nitrogens is 1. The van der Waals surface area contributed by atoms with Crippen molar-refractivity contribution in [2.45, 2.75) is 45.1 Å². The van der Waals surface area contributed by atoms with Crippen molar-refractivity contribution in [1.29, 1.82) is 0 Å². The molecule has 2 aliphatic heterocycles. The molecule has 0 bridgehead atoms. The fraction of sp³-hybridized carbons (Fsp3) is 0.273. The van der Waals surface area contributed by atoms with E-state index in [9.17, 15) is 19.7 Å². The Labute approximate surface area is 247 Å². The number of benzene rings is 3. The van der Waals surface area contributed by atoms with E-state index < -0.39 is 34.2 Å². The van der Waals surface area contributed by atoms with Crippen LogP contribution in [0.15, 0.2) is 88.5 Å². The van der Waals surface area contributed by atoms with E-state index in [4.69, 9.17) is 14.4 Å². The van der Waals surface area contributed by atoms with E-state index in [0.717, 1.165) is 11.1 Å². The quantitative estimate of drug-likeness (QED) is 0.211. The van der Waals surface area contributed by atoms with E-state index in [0.29, 0.717) is 22.7 Å². The summed E-state index contributed by atoms with van der Waals surface area (Å²) in [5, 5.41) is 22.6. The minimum absolute atomic E-state index is 0.0194. The summed E-state index contributed by atoms with van der Waals surface area (Å²) in [6, 6.07) is 23.8. The fourth-order valence-electron chi connectivity index (χ4n) is 7.30. The molecule has 1 spiro atoms. The van der Waals surface area contributed by atoms with Gasteiger partial charge in [0.25, 0.3) is 5.91 Å². The molecule has 3 aromatic carbocycles. The molecule has 1 aliphatic carbocycles. The third kappa shape index (κ3) is 3.86. The molecule has 0 saturated heterocycles. The molecule has 0 N–H and O–H groups in total. The lowest BCUT2D eigenvalue weighted by molar-refractivity contribution is -0.387. The highest BCUT2D eigenvalue weighted by atomic mass is 16.6. The number of aryl methyl sites for hydroxylation is 2. The second kappa shape index (κ2) is 9.72. The summed E-state index contributed by atoms with van der Waals surface area (Å²) in [6.45, 7) is 5.25. The summed E-state index contributed by atoms with van der Waals surface area (Å²) >= 11 is 0. The van der Waals surface area contributed by atoms with Crippen LogP contribution in [0.3, 0.4) is 0 Å². The van der Waals surface area contributed by atoms with Gasteiger partial charge in [-0.1, -0.05) is 65.3 Å². The molecule has 216 valence electrons. The Balaban J connectivity index is 1.52. The van der Waals surface area contributed by atoms with E-state index >= 15 is 0 Å². The molecule has 4 aromatic rings. The predicted octanol–water partition coefficient (Wildman–Crippen LogP) is 6.14. The highest BCUT2D eigenvalue weighted by molar-refractivity contribution is 6.20. The van der Waals surface area contributed by atoms with Crippen LogP contribution in [0.4, 0.5) is 11.4 Å². The Bertz CT molecular complexity index is 1830. The number of rotatable bonds is 4. The largest absolute Gasteiger partial charge is 0.488 e. The summed E-state index contributed by atoms with van der Waals surface area (Å²) < 4.78 is 12.4. The first kappa shape index (κ1) is 26.8. The minimum Gasteiger partial charge on any atom is -0.488 e. The maximum atomic E-state index is 14.9. The standard InChI is InChI=1S/C33H28N4O6/c1-18-10-9-11-21(16-18)27-26(31-28(37(40)41)19(2)35-43-31)30-24(29(38)23-14-7-8-15-25(23)42-30)17-33(27)20(3)34-36(32(33)39)22-12-5-4-6-13-22/h4-16,24,26-27,30H,17H2,1-3H3/t24-,26-,27-,30-,33-/m1/s1. The molecule has 10 heteroatoms. The molecule has 10 nitrogen and oxygen atoms in total. The number of para-hydroxylation sites is 2. The van der Waals surface area contributed by atoms with Crippen molar-refractivity contribution in [3.8, 4) is 5.75 Å². The van der Waals surface area contributed by atoms with Gasteiger partial charge in [0, 0.05) is 5.92 Å². The molecule has 5 atom stereocenters. The van der Waals surface area contributed by atoms with E-state index in [1.165, 1.54) is 11.9 Å². The van der Waals surface area contributed by atoms with Crippen molar-refractivity contribution in [1.82, 2.24) is 5.16 Å². The third-order valence-electron chi connectivity index (χ3n) is 9.15. The van der Waals surface area contributed by atoms with Gasteiger partial charge in [0.1, 0.15) is 11.9 Å². The van der Waals surface area contributed by atoms with Crippen LogP contribution < -0.4 is 9.75 Å². The van der Waals surface area contributed by atoms with Crippen molar-refractivity contribution in [2.75, 3.05) is 5.01 Å². The number of amides is 1. The molecule has 0 unspecified atom stereocenters. The Hall–Kier alpha value is -5.12. The third-order valence-corrected chi connectivity index (χ3v) is 9.15. The molecule has 3 aliphatic rings. The number of hydrogen-bond acceptors (Lipinski definition) is 8. The summed E-state index contributed by atoms with van der Waals surface area (Å²) in [7, 11) is 0. The van der Waals surface area contributed by atoms with Gasteiger partial charge in [-0.3, -0.25) is 19.7 Å². The van der Waals surface area contributed by atoms with E-state index in [2.05, 4.69) is 5.16 Å². The molecular formula is C33H28N4O6. The van der Waals surface area contributed by atoms with E-state index in [1.807, 2.05) is 49.4 Å². The van der Waals surface area contributed by atoms with Crippen molar-refractivity contribution in [3.63, 3.8) is 0 Å². The Morgan fingerprint density at radius 2 is 1.72 bits per heavy atom. The lowest BCUT2D eigenvalue weighted by atomic mass is 9.52. The first-order valence-electron chi connectivity index (χ1n) is 14.1. The van der Waals surface area contributed by atoms with Gasteiger partial charge in [-0.2, -0.15) is 10.1 Å². The summed E-state index contributed by atoms with van der Waals surface area (Å²) in [6.07, 6.45) is -0.755. The van der Waals surface area contributed by atoms with Crippen LogP contribution in [-0.4, -0.2) is 33.6 Å². The Morgan fingerprint density at radius 3 is 2.47 bits per heavy atom. The van der Waals surface area contributed by atoms with Crippen LogP contribution in [0.25, 0.3) is 0 Å². The van der Waals surface area contributed by atoms with Gasteiger partial charge in [0.15, 0.2) is 11.5 Å². The number of ether oxygens (including phenoxy) is 1. The van der Waals surface area contributed by atoms with Crippen molar-refractivity contribution < 1.29 is 23.8 Å². The van der Waals surface area contributed by atoms with Crippen molar-refractivity contribution in [2.24, 2.45) is 16.4 Å². The predicted molar refractivity (Wildman–Crippen MR) is 157 cm³/mol.